The molecule has 0 bridgehead atoms. The molecule has 3 N–H and O–H groups in total. The SMILES string of the molecule is Cc1ccc2nc(N3CC[C@@H](O)C3)ccc2c1C1(CC(N)=O)CCCCC1. The number of rotatable bonds is 4. The number of hydrogen-bond acceptors (Lipinski definition) is 4. The number of anilines is 1. The van der Waals surface area contributed by atoms with Gasteiger partial charge in [-0.1, -0.05) is 25.3 Å². The van der Waals surface area contributed by atoms with Gasteiger partial charge in [0.2, 0.25) is 5.91 Å². The molecule has 1 amide bonds. The summed E-state index contributed by atoms with van der Waals surface area (Å²) in [6, 6.07) is 8.42. The molecule has 2 aromatic rings. The molecule has 0 unspecified atom stereocenters. The number of benzene rings is 1. The van der Waals surface area contributed by atoms with Crippen LogP contribution in [0.1, 0.15) is 56.1 Å². The number of aliphatic hydroxyl groups excluding tert-OH is 1. The molecule has 5 heteroatoms. The first-order valence-electron chi connectivity index (χ1n) is 10.1. The zero-order chi connectivity index (χ0) is 19.0. The predicted molar refractivity (Wildman–Crippen MR) is 108 cm³/mol. The second kappa shape index (κ2) is 7.12. The lowest BCUT2D eigenvalue weighted by molar-refractivity contribution is -0.119. The molecule has 1 aromatic heterocycles. The van der Waals surface area contributed by atoms with Gasteiger partial charge in [-0.05, 0) is 55.5 Å². The molecule has 1 saturated carbocycles. The number of hydrogen-bond donors (Lipinski definition) is 2. The van der Waals surface area contributed by atoms with Gasteiger partial charge < -0.3 is 15.7 Å². The molecule has 4 rings (SSSR count). The van der Waals surface area contributed by atoms with Crippen molar-refractivity contribution in [2.45, 2.75) is 63.4 Å². The van der Waals surface area contributed by atoms with E-state index in [1.165, 1.54) is 17.5 Å². The Bertz CT molecular complexity index is 858. The fourth-order valence-corrected chi connectivity index (χ4v) is 5.21. The number of carbonyl (C=O) groups excluding carboxylic acids is 1. The van der Waals surface area contributed by atoms with Crippen molar-refractivity contribution in [1.82, 2.24) is 4.98 Å². The number of aromatic nitrogens is 1. The van der Waals surface area contributed by atoms with Crippen LogP contribution in [0.2, 0.25) is 0 Å². The minimum absolute atomic E-state index is 0.166. The summed E-state index contributed by atoms with van der Waals surface area (Å²) < 4.78 is 0. The number of primary amides is 1. The summed E-state index contributed by atoms with van der Waals surface area (Å²) in [5.74, 6) is 0.699. The van der Waals surface area contributed by atoms with E-state index in [9.17, 15) is 9.90 Å². The Balaban J connectivity index is 1.81. The second-order valence-corrected chi connectivity index (χ2v) is 8.37. The summed E-state index contributed by atoms with van der Waals surface area (Å²) in [6.07, 6.45) is 6.46. The molecule has 1 saturated heterocycles. The number of β-amino-alcohol motifs (C(OH)–C–C–N with tert-alkyl or cyclic N) is 1. The Morgan fingerprint density at radius 1 is 1.26 bits per heavy atom. The summed E-state index contributed by atoms with van der Waals surface area (Å²) in [5, 5.41) is 11.0. The molecule has 27 heavy (non-hydrogen) atoms. The highest BCUT2D eigenvalue weighted by atomic mass is 16.3. The molecular weight excluding hydrogens is 338 g/mol. The Labute approximate surface area is 160 Å². The maximum Gasteiger partial charge on any atom is 0.218 e. The van der Waals surface area contributed by atoms with Crippen LogP contribution in [0.5, 0.6) is 0 Å². The number of pyridine rings is 1. The van der Waals surface area contributed by atoms with Crippen LogP contribution < -0.4 is 10.6 Å². The van der Waals surface area contributed by atoms with Crippen molar-refractivity contribution >= 4 is 22.6 Å². The second-order valence-electron chi connectivity index (χ2n) is 8.37. The number of aryl methyl sites for hydroxylation is 1. The van der Waals surface area contributed by atoms with E-state index in [1.807, 2.05) is 0 Å². The number of nitrogens with zero attached hydrogens (tertiary/aromatic N) is 2. The molecule has 2 aliphatic rings. The van der Waals surface area contributed by atoms with Gasteiger partial charge in [0.25, 0.3) is 0 Å². The van der Waals surface area contributed by atoms with Crippen LogP contribution in [-0.2, 0) is 10.2 Å². The molecule has 1 aliphatic carbocycles. The molecule has 2 heterocycles. The number of amides is 1. The van der Waals surface area contributed by atoms with Crippen LogP contribution in [0, 0.1) is 6.92 Å². The molecule has 2 fully saturated rings. The van der Waals surface area contributed by atoms with Gasteiger partial charge in [-0.25, -0.2) is 4.98 Å². The van der Waals surface area contributed by atoms with E-state index in [-0.39, 0.29) is 17.4 Å². The van der Waals surface area contributed by atoms with Crippen LogP contribution in [0.3, 0.4) is 0 Å². The van der Waals surface area contributed by atoms with Crippen molar-refractivity contribution in [2.75, 3.05) is 18.0 Å². The van der Waals surface area contributed by atoms with E-state index in [4.69, 9.17) is 10.7 Å². The monoisotopic (exact) mass is 367 g/mol. The van der Waals surface area contributed by atoms with Gasteiger partial charge in [-0.3, -0.25) is 4.79 Å². The molecule has 144 valence electrons. The highest BCUT2D eigenvalue weighted by Crippen LogP contribution is 2.46. The minimum atomic E-state index is -0.267. The Hall–Kier alpha value is -2.14. The van der Waals surface area contributed by atoms with Crippen LogP contribution >= 0.6 is 0 Å². The maximum atomic E-state index is 11.9. The van der Waals surface area contributed by atoms with Crippen molar-refractivity contribution in [3.05, 3.63) is 35.4 Å². The molecular formula is C22H29N3O2. The third kappa shape index (κ3) is 3.41. The lowest BCUT2D eigenvalue weighted by Crippen LogP contribution is -2.35. The van der Waals surface area contributed by atoms with Gasteiger partial charge in [0.1, 0.15) is 5.82 Å². The van der Waals surface area contributed by atoms with E-state index in [1.54, 1.807) is 0 Å². The van der Waals surface area contributed by atoms with Gasteiger partial charge in [0, 0.05) is 30.3 Å². The van der Waals surface area contributed by atoms with Crippen LogP contribution in [0.25, 0.3) is 10.9 Å². The number of fused-ring (bicyclic) bond motifs is 1. The topological polar surface area (TPSA) is 79.4 Å². The van der Waals surface area contributed by atoms with E-state index < -0.39 is 0 Å². The molecule has 1 aromatic carbocycles. The number of carbonyl (C=O) groups is 1. The van der Waals surface area contributed by atoms with Gasteiger partial charge in [0.15, 0.2) is 0 Å². The summed E-state index contributed by atoms with van der Waals surface area (Å²) >= 11 is 0. The van der Waals surface area contributed by atoms with Gasteiger partial charge >= 0.3 is 0 Å². The largest absolute Gasteiger partial charge is 0.391 e. The van der Waals surface area contributed by atoms with Crippen LogP contribution in [0.15, 0.2) is 24.3 Å². The lowest BCUT2D eigenvalue weighted by atomic mass is 9.65. The van der Waals surface area contributed by atoms with Crippen molar-refractivity contribution in [2.24, 2.45) is 5.73 Å². The smallest absolute Gasteiger partial charge is 0.218 e. The van der Waals surface area contributed by atoms with E-state index in [0.29, 0.717) is 13.0 Å². The first kappa shape index (κ1) is 18.2. The van der Waals surface area contributed by atoms with Crippen molar-refractivity contribution in [1.29, 1.82) is 0 Å². The zero-order valence-electron chi connectivity index (χ0n) is 16.1. The highest BCUT2D eigenvalue weighted by Gasteiger charge is 2.38. The fraction of sp³-hybridized carbons (Fsp3) is 0.545. The van der Waals surface area contributed by atoms with E-state index >= 15 is 0 Å². The quantitative estimate of drug-likeness (QED) is 0.870. The van der Waals surface area contributed by atoms with E-state index in [2.05, 4.69) is 36.1 Å². The third-order valence-corrected chi connectivity index (χ3v) is 6.41. The molecule has 0 radical (unpaired) electrons. The summed E-state index contributed by atoms with van der Waals surface area (Å²) in [7, 11) is 0. The van der Waals surface area contributed by atoms with Gasteiger partial charge in [-0.15, -0.1) is 0 Å². The van der Waals surface area contributed by atoms with Gasteiger partial charge in [0.05, 0.1) is 11.6 Å². The summed E-state index contributed by atoms with van der Waals surface area (Å²) in [4.78, 5) is 19.0. The van der Waals surface area contributed by atoms with Crippen LogP contribution in [0.4, 0.5) is 5.82 Å². The number of nitrogens with two attached hydrogens (primary N) is 1. The normalized spacial score (nSPS) is 22.3. The van der Waals surface area contributed by atoms with Gasteiger partial charge in [-0.2, -0.15) is 0 Å². The third-order valence-electron chi connectivity index (χ3n) is 6.41. The Morgan fingerprint density at radius 3 is 2.70 bits per heavy atom. The van der Waals surface area contributed by atoms with Crippen molar-refractivity contribution in [3.8, 4) is 0 Å². The summed E-state index contributed by atoms with van der Waals surface area (Å²) in [6.45, 7) is 3.61. The Kier molecular flexibility index (Phi) is 4.81. The zero-order valence-corrected chi connectivity index (χ0v) is 16.1. The van der Waals surface area contributed by atoms with Crippen molar-refractivity contribution in [3.63, 3.8) is 0 Å². The van der Waals surface area contributed by atoms with Crippen LogP contribution in [-0.4, -0.2) is 35.2 Å². The molecule has 5 nitrogen and oxygen atoms in total. The lowest BCUT2D eigenvalue weighted by Gasteiger charge is -2.39. The molecule has 1 aliphatic heterocycles. The standard InChI is InChI=1S/C22H29N3O2/c1-15-5-7-18-17(6-8-20(24-18)25-12-9-16(26)14-25)21(15)22(13-19(23)27)10-3-2-4-11-22/h5-8,16,26H,2-4,9-14H2,1H3,(H2,23,27)/t16-/m1/s1. The number of aliphatic hydroxyl groups is 1. The summed E-state index contributed by atoms with van der Waals surface area (Å²) in [5.41, 5.74) is 8.95. The first-order chi connectivity index (χ1) is 13.0. The fourth-order valence-electron chi connectivity index (χ4n) is 5.21. The Morgan fingerprint density at radius 2 is 2.04 bits per heavy atom. The van der Waals surface area contributed by atoms with E-state index in [0.717, 1.165) is 55.4 Å². The predicted octanol–water partition coefficient (Wildman–Crippen LogP) is 3.19. The minimum Gasteiger partial charge on any atom is -0.391 e. The average molecular weight is 367 g/mol. The highest BCUT2D eigenvalue weighted by molar-refractivity contribution is 5.87. The van der Waals surface area contributed by atoms with Crippen molar-refractivity contribution < 1.29 is 9.90 Å². The molecule has 1 atom stereocenters. The first-order valence-corrected chi connectivity index (χ1v) is 10.1. The average Bonchev–Trinajstić information content (AvgIpc) is 3.07. The molecule has 0 spiro atoms. The maximum absolute atomic E-state index is 11.9.